The van der Waals surface area contributed by atoms with Crippen LogP contribution in [-0.2, 0) is 4.79 Å². The molecule has 1 aromatic carbocycles. The Hall–Kier alpha value is -2.27. The van der Waals surface area contributed by atoms with Crippen LogP contribution in [0.5, 0.6) is 0 Å². The first kappa shape index (κ1) is 14.1. The number of rotatable bonds is 5. The fraction of sp³-hybridized carbons (Fsp3) is 0.143. The van der Waals surface area contributed by atoms with Gasteiger partial charge in [-0.2, -0.15) is 0 Å². The molecule has 2 aromatic rings. The molecule has 1 N–H and O–H groups in total. The molecule has 0 unspecified atom stereocenters. The number of Topliss-reactive ketones (excluding diaryl/α,β-unsaturated/α-hetero) is 1. The van der Waals surface area contributed by atoms with Gasteiger partial charge in [0.05, 0.1) is 5.02 Å². The first-order valence-corrected chi connectivity index (χ1v) is 6.39. The summed E-state index contributed by atoms with van der Waals surface area (Å²) in [5.41, 5.74) is 0.429. The molecule has 0 fully saturated rings. The van der Waals surface area contributed by atoms with Gasteiger partial charge in [0.2, 0.25) is 11.9 Å². The quantitative estimate of drug-likeness (QED) is 0.859. The minimum absolute atomic E-state index is 0.0578. The lowest BCUT2D eigenvalue weighted by Crippen LogP contribution is -2.15. The van der Waals surface area contributed by atoms with Crippen LogP contribution >= 0.6 is 11.6 Å². The predicted octanol–water partition coefficient (Wildman–Crippen LogP) is 2.73. The molecule has 0 bridgehead atoms. The van der Waals surface area contributed by atoms with E-state index in [1.165, 1.54) is 12.4 Å². The summed E-state index contributed by atoms with van der Waals surface area (Å²) in [6.45, 7) is 0. The van der Waals surface area contributed by atoms with Gasteiger partial charge < -0.3 is 0 Å². The topological polar surface area (TPSA) is 72.0 Å². The van der Waals surface area contributed by atoms with Crippen molar-refractivity contribution in [3.63, 3.8) is 0 Å². The summed E-state index contributed by atoms with van der Waals surface area (Å²) in [5.74, 6) is -0.251. The highest BCUT2D eigenvalue weighted by molar-refractivity contribution is 6.34. The number of nitrogens with one attached hydrogen (secondary N) is 1. The fourth-order valence-corrected chi connectivity index (χ4v) is 1.84. The average molecular weight is 290 g/mol. The third-order valence-corrected chi connectivity index (χ3v) is 2.90. The summed E-state index contributed by atoms with van der Waals surface area (Å²) in [6.07, 6.45) is 3.19. The zero-order valence-electron chi connectivity index (χ0n) is 10.5. The molecule has 20 heavy (non-hydrogen) atoms. The molecule has 0 aliphatic heterocycles. The number of halogens is 1. The van der Waals surface area contributed by atoms with Crippen LogP contribution in [0.3, 0.4) is 0 Å². The molecule has 1 amide bonds. The molecule has 0 aliphatic carbocycles. The second kappa shape index (κ2) is 6.77. The molecular weight excluding hydrogens is 278 g/mol. The second-order valence-corrected chi connectivity index (χ2v) is 4.43. The SMILES string of the molecule is O=C(CCC(=O)c1ccccc1Cl)Nc1ncccn1. The molecule has 0 spiro atoms. The molecule has 0 aliphatic rings. The second-order valence-electron chi connectivity index (χ2n) is 4.02. The number of aromatic nitrogens is 2. The van der Waals surface area contributed by atoms with Gasteiger partial charge in [0.15, 0.2) is 5.78 Å². The van der Waals surface area contributed by atoms with Gasteiger partial charge in [-0.05, 0) is 18.2 Å². The summed E-state index contributed by atoms with van der Waals surface area (Å²) in [7, 11) is 0. The Kier molecular flexibility index (Phi) is 4.79. The zero-order chi connectivity index (χ0) is 14.4. The number of hydrogen-bond acceptors (Lipinski definition) is 4. The normalized spacial score (nSPS) is 10.1. The van der Waals surface area contributed by atoms with Crippen molar-refractivity contribution in [2.75, 3.05) is 5.32 Å². The van der Waals surface area contributed by atoms with Crippen LogP contribution in [0.15, 0.2) is 42.7 Å². The minimum atomic E-state index is -0.309. The Morgan fingerprint density at radius 3 is 2.45 bits per heavy atom. The predicted molar refractivity (Wildman–Crippen MR) is 75.7 cm³/mol. The number of benzene rings is 1. The third-order valence-electron chi connectivity index (χ3n) is 2.57. The molecule has 0 saturated carbocycles. The van der Waals surface area contributed by atoms with Crippen LogP contribution in [0.4, 0.5) is 5.95 Å². The number of hydrogen-bond donors (Lipinski definition) is 1. The largest absolute Gasteiger partial charge is 0.295 e. The van der Waals surface area contributed by atoms with Crippen LogP contribution in [0, 0.1) is 0 Å². The molecule has 5 nitrogen and oxygen atoms in total. The average Bonchev–Trinajstić information content (AvgIpc) is 2.46. The number of amides is 1. The molecule has 6 heteroatoms. The lowest BCUT2D eigenvalue weighted by atomic mass is 10.1. The van der Waals surface area contributed by atoms with Gasteiger partial charge >= 0.3 is 0 Å². The molecule has 0 atom stereocenters. The Balaban J connectivity index is 1.88. The number of anilines is 1. The van der Waals surface area contributed by atoms with Crippen molar-refractivity contribution in [2.45, 2.75) is 12.8 Å². The standard InChI is InChI=1S/C14H12ClN3O2/c15-11-5-2-1-4-10(11)12(19)6-7-13(20)18-14-16-8-3-9-17-14/h1-5,8-9H,6-7H2,(H,16,17,18,20). The van der Waals surface area contributed by atoms with Gasteiger partial charge in [0.25, 0.3) is 0 Å². The number of nitrogens with zero attached hydrogens (tertiary/aromatic N) is 2. The van der Waals surface area contributed by atoms with Crippen molar-refractivity contribution in [1.82, 2.24) is 9.97 Å². The first-order valence-electron chi connectivity index (χ1n) is 6.01. The van der Waals surface area contributed by atoms with Gasteiger partial charge in [0.1, 0.15) is 0 Å². The van der Waals surface area contributed by atoms with E-state index in [4.69, 9.17) is 11.6 Å². The number of carbonyl (C=O) groups is 2. The highest BCUT2D eigenvalue weighted by Gasteiger charge is 2.12. The van der Waals surface area contributed by atoms with E-state index >= 15 is 0 Å². The first-order chi connectivity index (χ1) is 9.66. The van der Waals surface area contributed by atoms with Crippen molar-refractivity contribution in [3.05, 3.63) is 53.3 Å². The lowest BCUT2D eigenvalue weighted by molar-refractivity contribution is -0.116. The lowest BCUT2D eigenvalue weighted by Gasteiger charge is -2.04. The number of ketones is 1. The van der Waals surface area contributed by atoms with E-state index in [2.05, 4.69) is 15.3 Å². The summed E-state index contributed by atoms with van der Waals surface area (Å²) >= 11 is 5.92. The van der Waals surface area contributed by atoms with Crippen molar-refractivity contribution in [2.24, 2.45) is 0 Å². The maximum absolute atomic E-state index is 11.9. The van der Waals surface area contributed by atoms with Crippen molar-refractivity contribution >= 4 is 29.2 Å². The molecular formula is C14H12ClN3O2. The fourth-order valence-electron chi connectivity index (χ4n) is 1.60. The highest BCUT2D eigenvalue weighted by atomic mass is 35.5. The zero-order valence-corrected chi connectivity index (χ0v) is 11.3. The number of carbonyl (C=O) groups excluding carboxylic acids is 2. The van der Waals surface area contributed by atoms with Gasteiger partial charge in [0, 0.05) is 30.8 Å². The minimum Gasteiger partial charge on any atom is -0.295 e. The van der Waals surface area contributed by atoms with Gasteiger partial charge in [-0.3, -0.25) is 14.9 Å². The van der Waals surface area contributed by atoms with E-state index < -0.39 is 0 Å². The molecule has 2 rings (SSSR count). The Morgan fingerprint density at radius 1 is 1.05 bits per heavy atom. The van der Waals surface area contributed by atoms with Crippen molar-refractivity contribution in [1.29, 1.82) is 0 Å². The van der Waals surface area contributed by atoms with Crippen LogP contribution < -0.4 is 5.32 Å². The van der Waals surface area contributed by atoms with E-state index in [1.54, 1.807) is 30.3 Å². The van der Waals surface area contributed by atoms with Gasteiger partial charge in [-0.1, -0.05) is 23.7 Å². The van der Waals surface area contributed by atoms with Crippen molar-refractivity contribution in [3.8, 4) is 0 Å². The maximum atomic E-state index is 11.9. The van der Waals surface area contributed by atoms with Gasteiger partial charge in [-0.25, -0.2) is 9.97 Å². The Morgan fingerprint density at radius 2 is 1.75 bits per heavy atom. The van der Waals surface area contributed by atoms with Crippen LogP contribution in [0.2, 0.25) is 5.02 Å². The summed E-state index contributed by atoms with van der Waals surface area (Å²) < 4.78 is 0. The van der Waals surface area contributed by atoms with Crippen molar-refractivity contribution < 1.29 is 9.59 Å². The van der Waals surface area contributed by atoms with Crippen LogP contribution in [-0.4, -0.2) is 21.7 Å². The molecule has 0 radical (unpaired) electrons. The van der Waals surface area contributed by atoms with Crippen LogP contribution in [0.1, 0.15) is 23.2 Å². The van der Waals surface area contributed by atoms with E-state index in [1.807, 2.05) is 0 Å². The molecule has 1 heterocycles. The van der Waals surface area contributed by atoms with E-state index in [-0.39, 0.29) is 30.5 Å². The summed E-state index contributed by atoms with van der Waals surface area (Å²) in [5, 5.41) is 2.91. The molecule has 1 aromatic heterocycles. The molecule has 0 saturated heterocycles. The molecule has 102 valence electrons. The van der Waals surface area contributed by atoms with Gasteiger partial charge in [-0.15, -0.1) is 0 Å². The smallest absolute Gasteiger partial charge is 0.229 e. The summed E-state index contributed by atoms with van der Waals surface area (Å²) in [4.78, 5) is 31.3. The van der Waals surface area contributed by atoms with E-state index in [0.717, 1.165) is 0 Å². The van der Waals surface area contributed by atoms with E-state index in [0.29, 0.717) is 10.6 Å². The third kappa shape index (κ3) is 3.86. The van der Waals surface area contributed by atoms with Crippen LogP contribution in [0.25, 0.3) is 0 Å². The summed E-state index contributed by atoms with van der Waals surface area (Å²) in [6, 6.07) is 8.42. The monoisotopic (exact) mass is 289 g/mol. The highest BCUT2D eigenvalue weighted by Crippen LogP contribution is 2.17. The van der Waals surface area contributed by atoms with E-state index in [9.17, 15) is 9.59 Å². The Labute approximate surface area is 121 Å². The Bertz CT molecular complexity index is 617. The maximum Gasteiger partial charge on any atom is 0.229 e.